The molecule has 2 amide bonds. The largest absolute Gasteiger partial charge is 0.369 e. The van der Waals surface area contributed by atoms with Gasteiger partial charge in [0, 0.05) is 53.8 Å². The molecule has 12 nitrogen and oxygen atoms in total. The molecule has 0 bridgehead atoms. The number of hydrogen-bond acceptors (Lipinski definition) is 10. The first kappa shape index (κ1) is 28.3. The lowest BCUT2D eigenvalue weighted by atomic mass is 10.2. The van der Waals surface area contributed by atoms with E-state index >= 15 is 0 Å². The summed E-state index contributed by atoms with van der Waals surface area (Å²) in [4.78, 5) is 33.3. The van der Waals surface area contributed by atoms with Crippen molar-refractivity contribution < 1.29 is 14.8 Å². The van der Waals surface area contributed by atoms with Gasteiger partial charge in [0.1, 0.15) is 11.6 Å². The fourth-order valence-corrected chi connectivity index (χ4v) is 4.48. The molecule has 0 saturated heterocycles. The average Bonchev–Trinajstić information content (AvgIpc) is 3.70. The van der Waals surface area contributed by atoms with E-state index in [2.05, 4.69) is 41.4 Å². The van der Waals surface area contributed by atoms with Crippen LogP contribution < -0.4 is 26.7 Å². The molecule has 39 heavy (non-hydrogen) atoms. The molecule has 4 rings (SSSR count). The highest BCUT2D eigenvalue weighted by molar-refractivity contribution is 7.99. The van der Waals surface area contributed by atoms with E-state index in [1.54, 1.807) is 5.48 Å². The summed E-state index contributed by atoms with van der Waals surface area (Å²) in [7, 11) is 0. The SMILES string of the molecule is Cc1cc(Nc2cc(NCCNCCCCCC(=O)NO)nc(Sc3ccc(NC(=O)C4CC4)cc3)n2)n[nH]1. The smallest absolute Gasteiger partial charge is 0.243 e. The first-order valence-corrected chi connectivity index (χ1v) is 13.9. The van der Waals surface area contributed by atoms with Gasteiger partial charge in [-0.05, 0) is 75.2 Å². The summed E-state index contributed by atoms with van der Waals surface area (Å²) in [5.74, 6) is 1.88. The molecule has 0 radical (unpaired) electrons. The summed E-state index contributed by atoms with van der Waals surface area (Å²) in [6.45, 7) is 4.20. The first-order chi connectivity index (χ1) is 19.0. The maximum absolute atomic E-state index is 12.0. The molecule has 0 spiro atoms. The molecule has 2 aromatic heterocycles. The van der Waals surface area contributed by atoms with E-state index in [4.69, 9.17) is 5.21 Å². The third-order valence-electron chi connectivity index (χ3n) is 5.94. The molecule has 1 saturated carbocycles. The zero-order valence-corrected chi connectivity index (χ0v) is 22.7. The normalized spacial score (nSPS) is 12.7. The van der Waals surface area contributed by atoms with Crippen LogP contribution in [0, 0.1) is 12.8 Å². The quantitative estimate of drug-likeness (QED) is 0.0599. The van der Waals surface area contributed by atoms with Gasteiger partial charge < -0.3 is 21.3 Å². The van der Waals surface area contributed by atoms with Crippen LogP contribution in [0.15, 0.2) is 46.5 Å². The van der Waals surface area contributed by atoms with Gasteiger partial charge in [-0.15, -0.1) is 0 Å². The van der Waals surface area contributed by atoms with Gasteiger partial charge in [-0.1, -0.05) is 6.42 Å². The van der Waals surface area contributed by atoms with Crippen LogP contribution in [0.25, 0.3) is 0 Å². The number of aromatic nitrogens is 4. The summed E-state index contributed by atoms with van der Waals surface area (Å²) in [6.07, 6.45) is 4.89. The minimum Gasteiger partial charge on any atom is -0.369 e. The maximum atomic E-state index is 12.0. The standard InChI is InChI=1S/C26H35N9O3S/c1-17-15-23(34-33-17)30-22-16-21(28-14-13-27-12-4-2-3-5-24(36)35-38)31-26(32-22)39-20-10-8-19(9-11-20)29-25(37)18-6-7-18/h8-11,15-16,18,27,38H,2-7,12-14H2,1H3,(H,29,37)(H,35,36)(H3,28,30,31,32,33,34). The van der Waals surface area contributed by atoms with E-state index in [1.807, 2.05) is 43.3 Å². The number of unbranched alkanes of at least 4 members (excludes halogenated alkanes) is 2. The summed E-state index contributed by atoms with van der Waals surface area (Å²) < 4.78 is 0. The van der Waals surface area contributed by atoms with E-state index < -0.39 is 0 Å². The van der Waals surface area contributed by atoms with Crippen LogP contribution >= 0.6 is 11.8 Å². The van der Waals surface area contributed by atoms with Crippen molar-refractivity contribution in [1.82, 2.24) is 31.0 Å². The molecule has 1 aliphatic rings. The first-order valence-electron chi connectivity index (χ1n) is 13.1. The zero-order valence-electron chi connectivity index (χ0n) is 21.9. The van der Waals surface area contributed by atoms with Crippen molar-refractivity contribution >= 4 is 46.7 Å². The highest BCUT2D eigenvalue weighted by atomic mass is 32.2. The number of benzene rings is 1. The molecule has 0 unspecified atom stereocenters. The third-order valence-corrected chi connectivity index (χ3v) is 6.81. The van der Waals surface area contributed by atoms with Crippen LogP contribution in [0.4, 0.5) is 23.1 Å². The van der Waals surface area contributed by atoms with Gasteiger partial charge in [0.05, 0.1) is 0 Å². The number of hydrogen-bond donors (Lipinski definition) is 7. The zero-order chi connectivity index (χ0) is 27.5. The lowest BCUT2D eigenvalue weighted by Crippen LogP contribution is -2.23. The number of nitrogens with zero attached hydrogens (tertiary/aromatic N) is 3. The summed E-state index contributed by atoms with van der Waals surface area (Å²) in [5, 5.41) is 29.1. The minimum atomic E-state index is -0.347. The maximum Gasteiger partial charge on any atom is 0.243 e. The Morgan fingerprint density at radius 2 is 1.79 bits per heavy atom. The predicted octanol–water partition coefficient (Wildman–Crippen LogP) is 3.82. The Hall–Kier alpha value is -3.68. The van der Waals surface area contributed by atoms with Gasteiger partial charge in [0.15, 0.2) is 11.0 Å². The number of carbonyl (C=O) groups is 2. The summed E-state index contributed by atoms with van der Waals surface area (Å²) in [5.41, 5.74) is 3.38. The Kier molecular flexibility index (Phi) is 10.5. The molecule has 3 aromatic rings. The average molecular weight is 554 g/mol. The number of carbonyl (C=O) groups excluding carboxylic acids is 2. The second-order valence-electron chi connectivity index (χ2n) is 9.39. The van der Waals surface area contributed by atoms with Gasteiger partial charge in [-0.2, -0.15) is 5.10 Å². The van der Waals surface area contributed by atoms with Gasteiger partial charge >= 0.3 is 0 Å². The Bertz CT molecular complexity index is 1230. The van der Waals surface area contributed by atoms with Crippen LogP contribution in [0.5, 0.6) is 0 Å². The van der Waals surface area contributed by atoms with Crippen molar-refractivity contribution in [2.75, 3.05) is 35.6 Å². The second kappa shape index (κ2) is 14.5. The molecule has 0 aliphatic heterocycles. The number of rotatable bonds is 16. The number of anilines is 4. The van der Waals surface area contributed by atoms with E-state index in [9.17, 15) is 9.59 Å². The van der Waals surface area contributed by atoms with Crippen molar-refractivity contribution in [2.24, 2.45) is 5.92 Å². The summed E-state index contributed by atoms with van der Waals surface area (Å²) >= 11 is 1.43. The molecular weight excluding hydrogens is 518 g/mol. The van der Waals surface area contributed by atoms with Gasteiger partial charge in [-0.25, -0.2) is 15.4 Å². The monoisotopic (exact) mass is 553 g/mol. The van der Waals surface area contributed by atoms with Crippen LogP contribution in [-0.2, 0) is 9.59 Å². The fourth-order valence-electron chi connectivity index (χ4n) is 3.71. The fraction of sp³-hybridized carbons (Fsp3) is 0.423. The number of nitrogens with one attached hydrogen (secondary N) is 6. The Balaban J connectivity index is 1.30. The minimum absolute atomic E-state index is 0.0865. The Labute approximate surface area is 231 Å². The van der Waals surface area contributed by atoms with Crippen molar-refractivity contribution in [3.05, 3.63) is 42.1 Å². The van der Waals surface area contributed by atoms with Crippen LogP contribution in [0.1, 0.15) is 44.2 Å². The number of aromatic amines is 1. The van der Waals surface area contributed by atoms with E-state index in [-0.39, 0.29) is 17.7 Å². The van der Waals surface area contributed by atoms with E-state index in [0.717, 1.165) is 61.5 Å². The molecule has 13 heteroatoms. The lowest BCUT2D eigenvalue weighted by molar-refractivity contribution is -0.129. The van der Waals surface area contributed by atoms with Crippen molar-refractivity contribution in [3.63, 3.8) is 0 Å². The Morgan fingerprint density at radius 1 is 1.00 bits per heavy atom. The third kappa shape index (κ3) is 9.85. The van der Waals surface area contributed by atoms with E-state index in [1.165, 1.54) is 11.8 Å². The molecule has 0 atom stereocenters. The van der Waals surface area contributed by atoms with Crippen molar-refractivity contribution in [3.8, 4) is 0 Å². The summed E-state index contributed by atoms with van der Waals surface area (Å²) in [6, 6.07) is 11.4. The van der Waals surface area contributed by atoms with Crippen LogP contribution in [0.3, 0.4) is 0 Å². The molecule has 2 heterocycles. The van der Waals surface area contributed by atoms with Crippen molar-refractivity contribution in [1.29, 1.82) is 0 Å². The second-order valence-corrected chi connectivity index (χ2v) is 10.4. The number of hydroxylamine groups is 1. The highest BCUT2D eigenvalue weighted by Gasteiger charge is 2.29. The number of aryl methyl sites for hydroxylation is 1. The van der Waals surface area contributed by atoms with Crippen LogP contribution in [0.2, 0.25) is 0 Å². The van der Waals surface area contributed by atoms with Gasteiger partial charge in [-0.3, -0.25) is 19.9 Å². The Morgan fingerprint density at radius 3 is 2.51 bits per heavy atom. The molecule has 1 fully saturated rings. The molecule has 1 aromatic carbocycles. The van der Waals surface area contributed by atoms with Crippen LogP contribution in [-0.4, -0.2) is 56.8 Å². The molecule has 7 N–H and O–H groups in total. The number of H-pyrrole nitrogens is 1. The highest BCUT2D eigenvalue weighted by Crippen LogP contribution is 2.31. The van der Waals surface area contributed by atoms with Crippen molar-refractivity contribution in [2.45, 2.75) is 55.5 Å². The predicted molar refractivity (Wildman–Crippen MR) is 150 cm³/mol. The lowest BCUT2D eigenvalue weighted by Gasteiger charge is -2.11. The molecule has 1 aliphatic carbocycles. The van der Waals surface area contributed by atoms with Gasteiger partial charge in [0.25, 0.3) is 0 Å². The van der Waals surface area contributed by atoms with Gasteiger partial charge in [0.2, 0.25) is 11.8 Å². The topological polar surface area (TPSA) is 169 Å². The molecule has 208 valence electrons. The number of amides is 2. The van der Waals surface area contributed by atoms with E-state index in [0.29, 0.717) is 35.6 Å². The molecular formula is C26H35N9O3S.